The maximum atomic E-state index is 13.1. The third kappa shape index (κ3) is 4.15. The number of rotatable bonds is 8. The number of hydrogen-bond donors (Lipinski definition) is 2. The predicted octanol–water partition coefficient (Wildman–Crippen LogP) is 3.82. The molecule has 1 amide bonds. The van der Waals surface area contributed by atoms with E-state index in [1.54, 1.807) is 31.4 Å². The first-order valence-electron chi connectivity index (χ1n) is 10.3. The molecular formula is C25H23NO7. The Morgan fingerprint density at radius 1 is 1.03 bits per heavy atom. The van der Waals surface area contributed by atoms with Gasteiger partial charge in [-0.25, -0.2) is 0 Å². The van der Waals surface area contributed by atoms with Crippen LogP contribution in [0.2, 0.25) is 0 Å². The normalized spacial score (nSPS) is 15.8. The molecule has 1 aromatic heterocycles. The smallest absolute Gasteiger partial charge is 0.290 e. The second kappa shape index (κ2) is 9.12. The SMILES string of the molecule is COc1ccc(CCN2C(=O)C(O)=C(C(=O)c3ccco3)[C@@H]2c2cccc(O)c2)cc1OC. The standard InChI is InChI=1S/C25H23NO7/c1-31-18-9-8-15(13-20(18)32-2)10-11-26-22(16-5-3-6-17(27)14-16)21(24(29)25(26)30)23(28)19-7-4-12-33-19/h3-9,12-14,22,27,29H,10-11H2,1-2H3/t22-/m0/s1. The Labute approximate surface area is 190 Å². The van der Waals surface area contributed by atoms with Crippen LogP contribution in [-0.4, -0.2) is 47.6 Å². The van der Waals surface area contributed by atoms with E-state index in [1.165, 1.54) is 36.5 Å². The summed E-state index contributed by atoms with van der Waals surface area (Å²) in [6, 6.07) is 13.8. The fourth-order valence-corrected chi connectivity index (χ4v) is 3.98. The number of Topliss-reactive ketones (excluding diaryl/α,β-unsaturated/α-hetero) is 1. The Hall–Kier alpha value is -4.20. The van der Waals surface area contributed by atoms with Crippen LogP contribution in [0.3, 0.4) is 0 Å². The number of aliphatic hydroxyl groups is 1. The number of amides is 1. The molecular weight excluding hydrogens is 426 g/mol. The predicted molar refractivity (Wildman–Crippen MR) is 119 cm³/mol. The van der Waals surface area contributed by atoms with E-state index in [1.807, 2.05) is 12.1 Å². The highest BCUT2D eigenvalue weighted by Crippen LogP contribution is 2.40. The lowest BCUT2D eigenvalue weighted by molar-refractivity contribution is -0.129. The minimum absolute atomic E-state index is 0.0104. The zero-order chi connectivity index (χ0) is 23.5. The molecule has 0 saturated heterocycles. The molecule has 2 N–H and O–H groups in total. The van der Waals surface area contributed by atoms with Gasteiger partial charge in [-0.1, -0.05) is 18.2 Å². The Morgan fingerprint density at radius 2 is 1.82 bits per heavy atom. The van der Waals surface area contributed by atoms with E-state index in [0.717, 1.165) is 5.56 Å². The molecule has 0 bridgehead atoms. The molecule has 0 spiro atoms. The lowest BCUT2D eigenvalue weighted by Gasteiger charge is -2.27. The van der Waals surface area contributed by atoms with E-state index in [9.17, 15) is 19.8 Å². The number of hydrogen-bond acceptors (Lipinski definition) is 7. The van der Waals surface area contributed by atoms with Crippen molar-refractivity contribution >= 4 is 11.7 Å². The molecule has 8 heteroatoms. The maximum Gasteiger partial charge on any atom is 0.290 e. The van der Waals surface area contributed by atoms with Crippen molar-refractivity contribution in [1.82, 2.24) is 4.90 Å². The topological polar surface area (TPSA) is 109 Å². The summed E-state index contributed by atoms with van der Waals surface area (Å²) in [6.45, 7) is 0.202. The van der Waals surface area contributed by atoms with Crippen LogP contribution in [0, 0.1) is 0 Å². The van der Waals surface area contributed by atoms with Gasteiger partial charge in [0.05, 0.1) is 32.1 Å². The van der Waals surface area contributed by atoms with Gasteiger partial charge in [-0.3, -0.25) is 9.59 Å². The molecule has 1 aliphatic rings. The lowest BCUT2D eigenvalue weighted by atomic mass is 9.94. The molecule has 3 aromatic rings. The number of phenolic OH excluding ortho intramolecular Hbond substituents is 1. The third-order valence-corrected chi connectivity index (χ3v) is 5.57. The number of ether oxygens (including phenoxy) is 2. The van der Waals surface area contributed by atoms with Crippen molar-refractivity contribution in [3.63, 3.8) is 0 Å². The van der Waals surface area contributed by atoms with Crippen LogP contribution in [0.5, 0.6) is 17.2 Å². The van der Waals surface area contributed by atoms with Gasteiger partial charge in [0, 0.05) is 6.54 Å². The van der Waals surface area contributed by atoms with E-state index < -0.39 is 23.5 Å². The number of carbonyl (C=O) groups is 2. The molecule has 33 heavy (non-hydrogen) atoms. The van der Waals surface area contributed by atoms with Gasteiger partial charge in [0.15, 0.2) is 23.0 Å². The Kier molecular flexibility index (Phi) is 6.08. The third-order valence-electron chi connectivity index (χ3n) is 5.57. The quantitative estimate of drug-likeness (QED) is 0.503. The molecule has 0 unspecified atom stereocenters. The second-order valence-electron chi connectivity index (χ2n) is 7.50. The molecule has 1 aliphatic heterocycles. The number of furan rings is 1. The van der Waals surface area contributed by atoms with E-state index in [2.05, 4.69) is 0 Å². The summed E-state index contributed by atoms with van der Waals surface area (Å²) in [5, 5.41) is 20.7. The molecule has 8 nitrogen and oxygen atoms in total. The Morgan fingerprint density at radius 3 is 2.48 bits per heavy atom. The van der Waals surface area contributed by atoms with Gasteiger partial charge in [0.25, 0.3) is 5.91 Å². The molecule has 0 radical (unpaired) electrons. The van der Waals surface area contributed by atoms with Gasteiger partial charge in [-0.2, -0.15) is 0 Å². The largest absolute Gasteiger partial charge is 0.508 e. The maximum absolute atomic E-state index is 13.1. The highest BCUT2D eigenvalue weighted by Gasteiger charge is 2.44. The fraction of sp³-hybridized carbons (Fsp3) is 0.200. The van der Waals surface area contributed by atoms with Crippen LogP contribution in [0.1, 0.15) is 27.7 Å². The average Bonchev–Trinajstić information content (AvgIpc) is 3.45. The number of nitrogens with zero attached hydrogens (tertiary/aromatic N) is 1. The summed E-state index contributed by atoms with van der Waals surface area (Å²) >= 11 is 0. The first-order chi connectivity index (χ1) is 15.9. The van der Waals surface area contributed by atoms with Crippen molar-refractivity contribution in [3.05, 3.63) is 89.1 Å². The second-order valence-corrected chi connectivity index (χ2v) is 7.50. The average molecular weight is 449 g/mol. The summed E-state index contributed by atoms with van der Waals surface area (Å²) in [5.41, 5.74) is 1.28. The lowest BCUT2D eigenvalue weighted by Crippen LogP contribution is -2.33. The Bertz CT molecular complexity index is 1210. The number of phenols is 1. The highest BCUT2D eigenvalue weighted by molar-refractivity contribution is 6.15. The van der Waals surface area contributed by atoms with E-state index in [4.69, 9.17) is 13.9 Å². The van der Waals surface area contributed by atoms with Crippen LogP contribution >= 0.6 is 0 Å². The molecule has 4 rings (SSSR count). The number of carbonyl (C=O) groups excluding carboxylic acids is 2. The van der Waals surface area contributed by atoms with Crippen molar-refractivity contribution < 1.29 is 33.7 Å². The number of methoxy groups -OCH3 is 2. The Balaban J connectivity index is 1.68. The first-order valence-corrected chi connectivity index (χ1v) is 10.3. The summed E-state index contributed by atoms with van der Waals surface area (Å²) in [7, 11) is 3.09. The molecule has 2 heterocycles. The van der Waals surface area contributed by atoms with Gasteiger partial charge in [-0.05, 0) is 53.9 Å². The van der Waals surface area contributed by atoms with Gasteiger partial charge >= 0.3 is 0 Å². The van der Waals surface area contributed by atoms with Crippen LogP contribution in [0.15, 0.2) is 76.6 Å². The number of ketones is 1. The monoisotopic (exact) mass is 449 g/mol. The van der Waals surface area contributed by atoms with Gasteiger partial charge in [-0.15, -0.1) is 0 Å². The number of aromatic hydroxyl groups is 1. The fourth-order valence-electron chi connectivity index (χ4n) is 3.98. The summed E-state index contributed by atoms with van der Waals surface area (Å²) in [6.07, 6.45) is 1.77. The summed E-state index contributed by atoms with van der Waals surface area (Å²) < 4.78 is 15.8. The molecule has 1 atom stereocenters. The first kappa shape index (κ1) is 22.0. The zero-order valence-corrected chi connectivity index (χ0v) is 18.1. The van der Waals surface area contributed by atoms with Gasteiger partial charge in [0.2, 0.25) is 5.78 Å². The summed E-state index contributed by atoms with van der Waals surface area (Å²) in [4.78, 5) is 27.6. The van der Waals surface area contributed by atoms with Crippen LogP contribution in [0.4, 0.5) is 0 Å². The highest BCUT2D eigenvalue weighted by atomic mass is 16.5. The van der Waals surface area contributed by atoms with Crippen molar-refractivity contribution in [3.8, 4) is 17.2 Å². The van der Waals surface area contributed by atoms with Crippen LogP contribution in [0.25, 0.3) is 0 Å². The molecule has 0 saturated carbocycles. The molecule has 2 aromatic carbocycles. The zero-order valence-electron chi connectivity index (χ0n) is 18.1. The van der Waals surface area contributed by atoms with E-state index >= 15 is 0 Å². The van der Waals surface area contributed by atoms with E-state index in [0.29, 0.717) is 23.5 Å². The van der Waals surface area contributed by atoms with Crippen LogP contribution in [-0.2, 0) is 11.2 Å². The van der Waals surface area contributed by atoms with Crippen molar-refractivity contribution in [2.45, 2.75) is 12.5 Å². The molecule has 170 valence electrons. The van der Waals surface area contributed by atoms with Crippen molar-refractivity contribution in [2.75, 3.05) is 20.8 Å². The van der Waals surface area contributed by atoms with Crippen LogP contribution < -0.4 is 9.47 Å². The van der Waals surface area contributed by atoms with Crippen molar-refractivity contribution in [1.29, 1.82) is 0 Å². The van der Waals surface area contributed by atoms with Crippen molar-refractivity contribution in [2.24, 2.45) is 0 Å². The van der Waals surface area contributed by atoms with Gasteiger partial charge < -0.3 is 29.0 Å². The minimum atomic E-state index is -0.887. The molecule has 0 aliphatic carbocycles. The minimum Gasteiger partial charge on any atom is -0.508 e. The summed E-state index contributed by atoms with van der Waals surface area (Å²) in [5.74, 6) is -0.750. The number of benzene rings is 2. The number of aliphatic hydroxyl groups excluding tert-OH is 1. The van der Waals surface area contributed by atoms with Gasteiger partial charge in [0.1, 0.15) is 5.75 Å². The van der Waals surface area contributed by atoms with E-state index in [-0.39, 0.29) is 23.6 Å². The molecule has 0 fully saturated rings.